The van der Waals surface area contributed by atoms with Gasteiger partial charge in [-0.15, -0.1) is 0 Å². The molecule has 3 aromatic rings. The molecule has 25 nitrogen and oxygen atoms in total. The zero-order chi connectivity index (χ0) is 55.9. The van der Waals surface area contributed by atoms with Crippen LogP contribution in [0.3, 0.4) is 0 Å². The van der Waals surface area contributed by atoms with E-state index in [1.54, 1.807) is 6.07 Å². The number of allylic oxidation sites excluding steroid dienone is 1. The van der Waals surface area contributed by atoms with E-state index in [9.17, 15) is 48.9 Å². The summed E-state index contributed by atoms with van der Waals surface area (Å²) in [6.45, 7) is 3.22. The standard InChI is InChI=1S/C51H74N14O11/c1-4-34-45(70)62-36(20-21-52)47(72)60-31(23-28(2)3)26-58-35(14-10-22-57-51(55)56)46(71)64-42(38(67)25-54)50(75)65-41(37(66)24-53)48(73)59-27-39(68)43(49(74)61-34)63-44(69)30-16-18-32(19-17-30)76-40-15-9-8-13-33(40)29-11-6-5-7-12-29/h4-9,11-13,15-19,28,31,35-39,41-43,58,66-68H,10,14,20-27,52-54H2,1-3H3,(H,59,73)(H,60,72)(H,61,74)(H,62,70)(H,63,69)(H,64,71)(H,65,75)(H4,55,56,57)/b34-4-/t31-,35-,36-,37?,38?,39?,41?,42?,43?/m0/s1. The normalized spacial score (nSPS) is 23.1. The molecule has 0 saturated carbocycles. The van der Waals surface area contributed by atoms with Gasteiger partial charge >= 0.3 is 0 Å². The smallest absolute Gasteiger partial charge is 0.268 e. The molecule has 1 heterocycles. The van der Waals surface area contributed by atoms with Gasteiger partial charge in [0.15, 0.2) is 5.96 Å². The van der Waals surface area contributed by atoms with Gasteiger partial charge in [-0.25, -0.2) is 0 Å². The first-order valence-corrected chi connectivity index (χ1v) is 24.9. The van der Waals surface area contributed by atoms with E-state index in [0.29, 0.717) is 17.9 Å². The topological polar surface area (TPSA) is 428 Å². The van der Waals surface area contributed by atoms with Crippen LogP contribution in [0.2, 0.25) is 0 Å². The number of hydrogen-bond acceptors (Lipinski definition) is 16. The maximum Gasteiger partial charge on any atom is 0.268 e. The third-order valence-electron chi connectivity index (χ3n) is 12.0. The number of aliphatic imine (C=N–C) groups is 1. The maximum absolute atomic E-state index is 14.2. The largest absolute Gasteiger partial charge is 0.457 e. The number of nitrogens with zero attached hydrogens (tertiary/aromatic N) is 1. The summed E-state index contributed by atoms with van der Waals surface area (Å²) in [6.07, 6.45) is -3.71. The lowest BCUT2D eigenvalue weighted by molar-refractivity contribution is -0.136. The minimum atomic E-state index is -1.99. The van der Waals surface area contributed by atoms with Gasteiger partial charge in [-0.1, -0.05) is 68.5 Å². The minimum absolute atomic E-state index is 0.000260. The molecule has 76 heavy (non-hydrogen) atoms. The third-order valence-corrected chi connectivity index (χ3v) is 12.0. The molecule has 25 heteroatoms. The number of nitrogens with one attached hydrogen (secondary N) is 8. The highest BCUT2D eigenvalue weighted by Gasteiger charge is 2.37. The van der Waals surface area contributed by atoms with Crippen molar-refractivity contribution in [3.8, 4) is 22.6 Å². The molecular formula is C51H74N14O11. The highest BCUT2D eigenvalue weighted by molar-refractivity contribution is 6.03. The van der Waals surface area contributed by atoms with Crippen molar-refractivity contribution in [3.05, 3.63) is 96.2 Å². The Bertz CT molecular complexity index is 2480. The highest BCUT2D eigenvalue weighted by Crippen LogP contribution is 2.33. The molecule has 1 aliphatic rings. The summed E-state index contributed by atoms with van der Waals surface area (Å²) in [5.74, 6) is -6.10. The van der Waals surface area contributed by atoms with Crippen LogP contribution in [0.4, 0.5) is 0 Å². The zero-order valence-corrected chi connectivity index (χ0v) is 42.9. The second-order valence-corrected chi connectivity index (χ2v) is 18.4. The zero-order valence-electron chi connectivity index (χ0n) is 42.9. The van der Waals surface area contributed by atoms with Gasteiger partial charge < -0.3 is 91.3 Å². The Labute approximate surface area is 441 Å². The Kier molecular flexibility index (Phi) is 24.7. The summed E-state index contributed by atoms with van der Waals surface area (Å²) < 4.78 is 6.18. The van der Waals surface area contributed by atoms with E-state index in [1.165, 1.54) is 37.3 Å². The predicted octanol–water partition coefficient (Wildman–Crippen LogP) is -3.26. The highest BCUT2D eigenvalue weighted by atomic mass is 16.5. The van der Waals surface area contributed by atoms with Gasteiger partial charge in [0.1, 0.15) is 47.5 Å². The lowest BCUT2D eigenvalue weighted by Gasteiger charge is -2.30. The summed E-state index contributed by atoms with van der Waals surface area (Å²) in [5, 5.41) is 54.1. The van der Waals surface area contributed by atoms with Crippen molar-refractivity contribution in [3.63, 3.8) is 0 Å². The molecule has 9 atom stereocenters. The van der Waals surface area contributed by atoms with Gasteiger partial charge in [0.05, 0.1) is 18.2 Å². The van der Waals surface area contributed by atoms with Crippen molar-refractivity contribution in [2.24, 2.45) is 39.6 Å². The summed E-state index contributed by atoms with van der Waals surface area (Å²) in [4.78, 5) is 102. The van der Waals surface area contributed by atoms with Crippen LogP contribution >= 0.6 is 0 Å². The van der Waals surface area contributed by atoms with E-state index in [1.807, 2.05) is 62.4 Å². The molecule has 0 radical (unpaired) electrons. The molecule has 0 aliphatic carbocycles. The fourth-order valence-electron chi connectivity index (χ4n) is 7.97. The van der Waals surface area contributed by atoms with Crippen molar-refractivity contribution in [1.82, 2.24) is 42.5 Å². The average molecular weight is 1060 g/mol. The number of aliphatic hydroxyl groups is 3. The van der Waals surface area contributed by atoms with Gasteiger partial charge in [-0.2, -0.15) is 0 Å². The Morgan fingerprint density at radius 3 is 2.00 bits per heavy atom. The molecule has 3 aromatic carbocycles. The molecule has 414 valence electrons. The van der Waals surface area contributed by atoms with Gasteiger partial charge in [0.25, 0.3) is 11.8 Å². The molecule has 4 rings (SSSR count). The number of hydrogen-bond donors (Lipinski definition) is 16. The summed E-state index contributed by atoms with van der Waals surface area (Å²) >= 11 is 0. The lowest BCUT2D eigenvalue weighted by atomic mass is 10.0. The monoisotopic (exact) mass is 1060 g/mol. The van der Waals surface area contributed by atoms with Crippen molar-refractivity contribution in [2.75, 3.05) is 39.3 Å². The SMILES string of the molecule is C/C=C1\NC(=O)C(NC(=O)c2ccc(Oc3ccccc3-c3ccccc3)cc2)C(O)CNC(=O)C(C(O)CN)NC(=O)C(C(O)CN)NC(=O)[C@H](CCCN=C(N)N)NC[C@H](CC(C)C)NC(=O)[C@H](CCN)NC1=O. The number of β-amino-alcohol motifs (C(OH)–C–C–N with tert-alkyl or cyclic N) is 1. The van der Waals surface area contributed by atoms with Crippen LogP contribution in [0.5, 0.6) is 11.5 Å². The molecule has 0 bridgehead atoms. The van der Waals surface area contributed by atoms with Crippen molar-refractivity contribution >= 4 is 47.3 Å². The average Bonchev–Trinajstić information content (AvgIpc) is 3.40. The Morgan fingerprint density at radius 2 is 1.38 bits per heavy atom. The van der Waals surface area contributed by atoms with E-state index >= 15 is 0 Å². The molecule has 1 fully saturated rings. The first kappa shape index (κ1) is 61.0. The molecule has 1 aliphatic heterocycles. The van der Waals surface area contributed by atoms with Crippen LogP contribution in [0, 0.1) is 5.92 Å². The first-order valence-electron chi connectivity index (χ1n) is 24.9. The number of carbonyl (C=O) groups excluding carboxylic acids is 7. The molecule has 6 unspecified atom stereocenters. The van der Waals surface area contributed by atoms with Crippen LogP contribution in [0.25, 0.3) is 11.1 Å². The second kappa shape index (κ2) is 30.8. The fraction of sp³-hybridized carbons (Fsp3) is 0.451. The molecule has 21 N–H and O–H groups in total. The van der Waals surface area contributed by atoms with Crippen LogP contribution in [-0.2, 0) is 28.8 Å². The van der Waals surface area contributed by atoms with Crippen LogP contribution in [0.15, 0.2) is 95.6 Å². The second-order valence-electron chi connectivity index (χ2n) is 18.4. The number of para-hydroxylation sites is 1. The summed E-state index contributed by atoms with van der Waals surface area (Å²) in [6, 6.07) is 14.0. The van der Waals surface area contributed by atoms with Crippen molar-refractivity contribution in [1.29, 1.82) is 0 Å². The quantitative estimate of drug-likeness (QED) is 0.0273. The number of nitrogens with two attached hydrogens (primary N) is 5. The predicted molar refractivity (Wildman–Crippen MR) is 283 cm³/mol. The van der Waals surface area contributed by atoms with Crippen molar-refractivity contribution in [2.45, 2.75) is 101 Å². The minimum Gasteiger partial charge on any atom is -0.457 e. The van der Waals surface area contributed by atoms with Crippen LogP contribution in [-0.4, -0.2) is 156 Å². The van der Waals surface area contributed by atoms with E-state index in [-0.39, 0.29) is 56.3 Å². The van der Waals surface area contributed by atoms with E-state index in [4.69, 9.17) is 33.4 Å². The van der Waals surface area contributed by atoms with Crippen LogP contribution < -0.4 is 75.9 Å². The Morgan fingerprint density at radius 1 is 0.763 bits per heavy atom. The van der Waals surface area contributed by atoms with Crippen molar-refractivity contribution < 1.29 is 53.6 Å². The number of guanidine groups is 1. The lowest BCUT2D eigenvalue weighted by Crippen LogP contribution is -2.64. The number of amides is 7. The number of rotatable bonds is 17. The van der Waals surface area contributed by atoms with Crippen LogP contribution in [0.1, 0.15) is 56.8 Å². The van der Waals surface area contributed by atoms with Gasteiger partial charge in [0, 0.05) is 49.9 Å². The summed E-state index contributed by atoms with van der Waals surface area (Å²) in [5.41, 5.74) is 29.7. The van der Waals surface area contributed by atoms with E-state index < -0.39 is 121 Å². The Balaban J connectivity index is 1.71. The van der Waals surface area contributed by atoms with Gasteiger partial charge in [-0.05, 0) is 81.0 Å². The van der Waals surface area contributed by atoms with E-state index in [0.717, 1.165) is 11.1 Å². The van der Waals surface area contributed by atoms with Gasteiger partial charge in [-0.3, -0.25) is 38.6 Å². The third kappa shape index (κ3) is 18.7. The Hall–Kier alpha value is -7.52. The molecule has 0 aromatic heterocycles. The number of benzene rings is 3. The maximum atomic E-state index is 14.2. The number of carbonyl (C=O) groups is 7. The molecule has 1 saturated heterocycles. The molecule has 7 amide bonds. The first-order chi connectivity index (χ1) is 36.3. The van der Waals surface area contributed by atoms with E-state index in [2.05, 4.69) is 47.5 Å². The molecule has 0 spiro atoms. The van der Waals surface area contributed by atoms with Gasteiger partial charge in [0.2, 0.25) is 29.5 Å². The number of aliphatic hydroxyl groups excluding tert-OH is 3. The molecular weight excluding hydrogens is 985 g/mol. The summed E-state index contributed by atoms with van der Waals surface area (Å²) in [7, 11) is 0. The number of ether oxygens (including phenoxy) is 1. The fourth-order valence-corrected chi connectivity index (χ4v) is 7.97.